The van der Waals surface area contributed by atoms with Gasteiger partial charge in [0.05, 0.1) is 6.61 Å². The molecule has 0 radical (unpaired) electrons. The average Bonchev–Trinajstić information content (AvgIpc) is 2.63. The molecule has 1 amide bonds. The highest BCUT2D eigenvalue weighted by Gasteiger charge is 2.23. The summed E-state index contributed by atoms with van der Waals surface area (Å²) in [6, 6.07) is 15.3. The van der Waals surface area contributed by atoms with Gasteiger partial charge in [0.15, 0.2) is 0 Å². The number of amides is 1. The van der Waals surface area contributed by atoms with Crippen LogP contribution in [0.1, 0.15) is 17.2 Å². The molecule has 0 unspecified atom stereocenters. The van der Waals surface area contributed by atoms with Gasteiger partial charge in [-0.1, -0.05) is 30.3 Å². The van der Waals surface area contributed by atoms with E-state index in [1.807, 2.05) is 73.7 Å². The van der Waals surface area contributed by atoms with E-state index in [-0.39, 0.29) is 11.9 Å². The third kappa shape index (κ3) is 4.07. The van der Waals surface area contributed by atoms with E-state index in [0.717, 1.165) is 27.6 Å². The van der Waals surface area contributed by atoms with E-state index in [1.54, 1.807) is 13.3 Å². The zero-order valence-corrected chi connectivity index (χ0v) is 15.3. The molecule has 0 fully saturated rings. The van der Waals surface area contributed by atoms with Gasteiger partial charge in [0, 0.05) is 30.6 Å². The minimum atomic E-state index is -0.375. The second-order valence-corrected chi connectivity index (χ2v) is 6.47. The van der Waals surface area contributed by atoms with E-state index < -0.39 is 0 Å². The molecule has 3 rings (SSSR count). The zero-order valence-electron chi connectivity index (χ0n) is 15.3. The Hall–Kier alpha value is -2.76. The summed E-state index contributed by atoms with van der Waals surface area (Å²) in [7, 11) is 5.47. The number of ether oxygens (including phenoxy) is 1. The Kier molecular flexibility index (Phi) is 5.61. The molecule has 5 heteroatoms. The van der Waals surface area contributed by atoms with Crippen molar-refractivity contribution in [3.63, 3.8) is 0 Å². The van der Waals surface area contributed by atoms with Crippen LogP contribution in [0, 0.1) is 0 Å². The van der Waals surface area contributed by atoms with Crippen molar-refractivity contribution in [2.75, 3.05) is 26.5 Å². The van der Waals surface area contributed by atoms with Crippen LogP contribution in [-0.4, -0.2) is 37.0 Å². The number of carbonyl (C=O) groups excluding carboxylic acids is 1. The van der Waals surface area contributed by atoms with Gasteiger partial charge in [0.1, 0.15) is 6.04 Å². The molecule has 134 valence electrons. The fourth-order valence-electron chi connectivity index (χ4n) is 3.02. The highest BCUT2D eigenvalue weighted by molar-refractivity contribution is 5.97. The Bertz CT molecular complexity index is 891. The number of rotatable bonds is 6. The molecule has 0 saturated heterocycles. The summed E-state index contributed by atoms with van der Waals surface area (Å²) < 4.78 is 5.14. The number of hydrogen-bond acceptors (Lipinski definition) is 4. The van der Waals surface area contributed by atoms with E-state index in [2.05, 4.69) is 10.3 Å². The van der Waals surface area contributed by atoms with Crippen molar-refractivity contribution in [1.29, 1.82) is 0 Å². The highest BCUT2D eigenvalue weighted by atomic mass is 16.5. The minimum Gasteiger partial charge on any atom is -0.380 e. The van der Waals surface area contributed by atoms with Gasteiger partial charge in [-0.25, -0.2) is 0 Å². The Morgan fingerprint density at radius 1 is 1.12 bits per heavy atom. The van der Waals surface area contributed by atoms with Gasteiger partial charge in [0.25, 0.3) is 0 Å². The Labute approximate surface area is 153 Å². The van der Waals surface area contributed by atoms with Crippen LogP contribution in [-0.2, 0) is 16.1 Å². The highest BCUT2D eigenvalue weighted by Crippen LogP contribution is 2.23. The smallest absolute Gasteiger partial charge is 0.246 e. The first-order valence-corrected chi connectivity index (χ1v) is 8.47. The first-order valence-electron chi connectivity index (χ1n) is 8.47. The summed E-state index contributed by atoms with van der Waals surface area (Å²) in [5.41, 5.74) is 2.80. The van der Waals surface area contributed by atoms with E-state index in [1.165, 1.54) is 0 Å². The van der Waals surface area contributed by atoms with E-state index in [0.29, 0.717) is 6.61 Å². The maximum absolute atomic E-state index is 12.9. The largest absolute Gasteiger partial charge is 0.380 e. The molecule has 2 aromatic carbocycles. The normalized spacial score (nSPS) is 12.3. The molecule has 0 saturated carbocycles. The second kappa shape index (κ2) is 8.08. The molecule has 1 atom stereocenters. The summed E-state index contributed by atoms with van der Waals surface area (Å²) in [6.45, 7) is 0.561. The summed E-state index contributed by atoms with van der Waals surface area (Å²) in [4.78, 5) is 18.9. The van der Waals surface area contributed by atoms with Crippen LogP contribution < -0.4 is 5.32 Å². The molecule has 1 aromatic heterocycles. The van der Waals surface area contributed by atoms with Crippen LogP contribution in [0.15, 0.2) is 60.9 Å². The van der Waals surface area contributed by atoms with Gasteiger partial charge >= 0.3 is 0 Å². The maximum atomic E-state index is 12.9. The first kappa shape index (κ1) is 18.0. The second-order valence-electron chi connectivity index (χ2n) is 6.47. The molecule has 1 heterocycles. The molecule has 3 aromatic rings. The number of aromatic nitrogens is 1. The number of carbonyl (C=O) groups is 1. The van der Waals surface area contributed by atoms with Crippen LogP contribution in [0.5, 0.6) is 0 Å². The number of anilines is 1. The zero-order chi connectivity index (χ0) is 18.5. The van der Waals surface area contributed by atoms with Crippen molar-refractivity contribution in [3.8, 4) is 0 Å². The van der Waals surface area contributed by atoms with Crippen molar-refractivity contribution >= 4 is 22.4 Å². The van der Waals surface area contributed by atoms with Gasteiger partial charge in [-0.05, 0) is 48.8 Å². The predicted molar refractivity (Wildman–Crippen MR) is 104 cm³/mol. The lowest BCUT2D eigenvalue weighted by Crippen LogP contribution is -2.32. The summed E-state index contributed by atoms with van der Waals surface area (Å²) in [5, 5.41) is 5.12. The lowest BCUT2D eigenvalue weighted by atomic mass is 10.0. The van der Waals surface area contributed by atoms with Gasteiger partial charge in [-0.3, -0.25) is 14.7 Å². The third-order valence-corrected chi connectivity index (χ3v) is 4.28. The van der Waals surface area contributed by atoms with Crippen molar-refractivity contribution in [2.24, 2.45) is 0 Å². The molecule has 1 N–H and O–H groups in total. The molecule has 0 aliphatic carbocycles. The van der Waals surface area contributed by atoms with Crippen molar-refractivity contribution in [1.82, 2.24) is 9.88 Å². The Morgan fingerprint density at radius 3 is 2.58 bits per heavy atom. The molecule has 0 aliphatic rings. The molecular formula is C21H23N3O2. The number of pyridine rings is 1. The molecule has 0 aliphatic heterocycles. The van der Waals surface area contributed by atoms with Crippen LogP contribution in [0.3, 0.4) is 0 Å². The predicted octanol–water partition coefficient (Wildman–Crippen LogP) is 3.62. The number of nitrogens with one attached hydrogen (secondary N) is 1. The number of fused-ring (bicyclic) bond motifs is 1. The molecule has 0 spiro atoms. The fraction of sp³-hybridized carbons (Fsp3) is 0.238. The van der Waals surface area contributed by atoms with Crippen molar-refractivity contribution in [3.05, 3.63) is 72.1 Å². The van der Waals surface area contributed by atoms with Gasteiger partial charge in [-0.2, -0.15) is 0 Å². The fourth-order valence-corrected chi connectivity index (χ4v) is 3.02. The van der Waals surface area contributed by atoms with E-state index >= 15 is 0 Å². The third-order valence-electron chi connectivity index (χ3n) is 4.28. The van der Waals surface area contributed by atoms with E-state index in [9.17, 15) is 4.79 Å². The van der Waals surface area contributed by atoms with Crippen LogP contribution in [0.2, 0.25) is 0 Å². The summed E-state index contributed by atoms with van der Waals surface area (Å²) in [6.07, 6.45) is 3.56. The maximum Gasteiger partial charge on any atom is 0.246 e. The summed E-state index contributed by atoms with van der Waals surface area (Å²) >= 11 is 0. The quantitative estimate of drug-likeness (QED) is 0.738. The first-order chi connectivity index (χ1) is 12.6. The SMILES string of the molecule is COCc1ccc([C@H](C(=O)Nc2ccc3cnccc3c2)N(C)C)cc1. The number of hydrogen-bond donors (Lipinski definition) is 1. The lowest BCUT2D eigenvalue weighted by molar-refractivity contribution is -0.120. The standard InChI is InChI=1S/C21H23N3O2/c1-24(2)20(16-6-4-15(5-7-16)14-26-3)21(25)23-19-9-8-18-13-22-11-10-17(18)12-19/h4-13,20H,14H2,1-3H3,(H,23,25)/t20-/m1/s1. The van der Waals surface area contributed by atoms with Crippen LogP contribution >= 0.6 is 0 Å². The van der Waals surface area contributed by atoms with E-state index in [4.69, 9.17) is 4.74 Å². The topological polar surface area (TPSA) is 54.5 Å². The van der Waals surface area contributed by atoms with Gasteiger partial charge < -0.3 is 10.1 Å². The lowest BCUT2D eigenvalue weighted by Gasteiger charge is -2.24. The minimum absolute atomic E-state index is 0.0668. The molecule has 26 heavy (non-hydrogen) atoms. The van der Waals surface area contributed by atoms with Crippen LogP contribution in [0.4, 0.5) is 5.69 Å². The molecular weight excluding hydrogens is 326 g/mol. The Morgan fingerprint density at radius 2 is 1.88 bits per heavy atom. The number of methoxy groups -OCH3 is 1. The van der Waals surface area contributed by atoms with Crippen molar-refractivity contribution in [2.45, 2.75) is 12.6 Å². The van der Waals surface area contributed by atoms with Crippen LogP contribution in [0.25, 0.3) is 10.8 Å². The van der Waals surface area contributed by atoms with Gasteiger partial charge in [-0.15, -0.1) is 0 Å². The molecule has 0 bridgehead atoms. The van der Waals surface area contributed by atoms with Gasteiger partial charge in [0.2, 0.25) is 5.91 Å². The Balaban J connectivity index is 1.81. The van der Waals surface area contributed by atoms with Crippen molar-refractivity contribution < 1.29 is 9.53 Å². The molecule has 5 nitrogen and oxygen atoms in total. The number of likely N-dealkylation sites (N-methyl/N-ethyl adjacent to an activating group) is 1. The average molecular weight is 349 g/mol. The monoisotopic (exact) mass is 349 g/mol. The summed E-state index contributed by atoms with van der Waals surface area (Å²) in [5.74, 6) is -0.0668. The number of nitrogens with zero attached hydrogens (tertiary/aromatic N) is 2. The number of benzene rings is 2.